The number of nitrogens with zero attached hydrogens (tertiary/aromatic N) is 1. The van der Waals surface area contributed by atoms with Crippen molar-refractivity contribution in [3.8, 4) is 11.1 Å². The number of carboxylic acids is 2. The van der Waals surface area contributed by atoms with Crippen molar-refractivity contribution in [2.75, 3.05) is 13.7 Å². The van der Waals surface area contributed by atoms with E-state index in [9.17, 15) is 19.8 Å². The van der Waals surface area contributed by atoms with E-state index >= 15 is 0 Å². The Morgan fingerprint density at radius 1 is 1.13 bits per heavy atom. The Labute approximate surface area is 133 Å². The lowest BCUT2D eigenvalue weighted by molar-refractivity contribution is 0.0680. The fourth-order valence-electron chi connectivity index (χ4n) is 2.75. The summed E-state index contributed by atoms with van der Waals surface area (Å²) in [6.07, 6.45) is 0.597. The van der Waals surface area contributed by atoms with Gasteiger partial charge in [0.15, 0.2) is 0 Å². The van der Waals surface area contributed by atoms with Gasteiger partial charge in [-0.2, -0.15) is 0 Å². The van der Waals surface area contributed by atoms with Gasteiger partial charge in [-0.25, -0.2) is 9.59 Å². The number of aromatic nitrogens is 1. The molecule has 0 fully saturated rings. The zero-order chi connectivity index (χ0) is 17.0. The molecule has 0 unspecified atom stereocenters. The maximum atomic E-state index is 11.8. The molecule has 122 valence electrons. The number of carboxylic acid groups (broad SMARTS) is 2. The molecular formula is C17H19NO5. The van der Waals surface area contributed by atoms with Crippen LogP contribution in [-0.4, -0.2) is 40.4 Å². The van der Waals surface area contributed by atoms with E-state index in [1.807, 2.05) is 0 Å². The highest BCUT2D eigenvalue weighted by atomic mass is 16.5. The normalized spacial score (nSPS) is 10.7. The van der Waals surface area contributed by atoms with Crippen LogP contribution in [0.4, 0.5) is 0 Å². The van der Waals surface area contributed by atoms with Crippen LogP contribution in [0.15, 0.2) is 30.3 Å². The Hall–Kier alpha value is -2.60. The Balaban J connectivity index is 2.69. The molecule has 0 aliphatic carbocycles. The lowest BCUT2D eigenvalue weighted by Crippen LogP contribution is -2.12. The molecule has 0 amide bonds. The summed E-state index contributed by atoms with van der Waals surface area (Å²) in [6, 6.07) is 8.74. The van der Waals surface area contributed by atoms with Gasteiger partial charge >= 0.3 is 11.9 Å². The molecule has 0 aliphatic rings. The molecule has 0 saturated heterocycles. The lowest BCUT2D eigenvalue weighted by Gasteiger charge is -2.09. The van der Waals surface area contributed by atoms with E-state index in [2.05, 4.69) is 0 Å². The summed E-state index contributed by atoms with van der Waals surface area (Å²) >= 11 is 0. The molecule has 0 aliphatic heterocycles. The van der Waals surface area contributed by atoms with Crippen molar-refractivity contribution in [2.24, 2.45) is 0 Å². The lowest BCUT2D eigenvalue weighted by atomic mass is 10.0. The van der Waals surface area contributed by atoms with E-state index in [-0.39, 0.29) is 16.8 Å². The van der Waals surface area contributed by atoms with Crippen molar-refractivity contribution in [1.29, 1.82) is 0 Å². The zero-order valence-corrected chi connectivity index (χ0v) is 13.1. The SMILES string of the molecule is COCCCn1c(C)c(C(=O)O)c(-c2ccccc2)c1C(=O)O. The molecule has 0 radical (unpaired) electrons. The quantitative estimate of drug-likeness (QED) is 0.767. The fourth-order valence-corrected chi connectivity index (χ4v) is 2.75. The van der Waals surface area contributed by atoms with Gasteiger partial charge in [-0.1, -0.05) is 30.3 Å². The van der Waals surface area contributed by atoms with Crippen LogP contribution in [0.3, 0.4) is 0 Å². The molecule has 6 heteroatoms. The summed E-state index contributed by atoms with van der Waals surface area (Å²) in [5.41, 5.74) is 1.30. The molecule has 2 rings (SSSR count). The number of hydrogen-bond acceptors (Lipinski definition) is 3. The molecule has 0 atom stereocenters. The standard InChI is InChI=1S/C17H19NO5/c1-11-13(16(19)20)14(12-7-4-3-5-8-12)15(17(21)22)18(11)9-6-10-23-2/h3-5,7-8H,6,9-10H2,1-2H3,(H,19,20)(H,21,22). The highest BCUT2D eigenvalue weighted by Crippen LogP contribution is 2.33. The van der Waals surface area contributed by atoms with Crippen molar-refractivity contribution in [2.45, 2.75) is 19.9 Å². The number of hydrogen-bond donors (Lipinski definition) is 2. The molecule has 0 bridgehead atoms. The average molecular weight is 317 g/mol. The number of methoxy groups -OCH3 is 1. The topological polar surface area (TPSA) is 88.8 Å². The number of carbonyl (C=O) groups is 2. The maximum absolute atomic E-state index is 11.8. The van der Waals surface area contributed by atoms with Gasteiger partial charge in [0.05, 0.1) is 5.56 Å². The minimum atomic E-state index is -1.14. The van der Waals surface area contributed by atoms with Gasteiger partial charge in [0, 0.05) is 31.5 Å². The van der Waals surface area contributed by atoms with Crippen LogP contribution in [0.5, 0.6) is 0 Å². The van der Waals surface area contributed by atoms with Crippen LogP contribution in [0.1, 0.15) is 33.0 Å². The van der Waals surface area contributed by atoms with Crippen molar-refractivity contribution in [3.63, 3.8) is 0 Å². The van der Waals surface area contributed by atoms with Crippen LogP contribution in [0, 0.1) is 6.92 Å². The van der Waals surface area contributed by atoms with Crippen LogP contribution in [0.25, 0.3) is 11.1 Å². The second kappa shape index (κ2) is 7.11. The zero-order valence-electron chi connectivity index (χ0n) is 13.1. The first-order valence-corrected chi connectivity index (χ1v) is 7.23. The molecule has 1 heterocycles. The van der Waals surface area contributed by atoms with Gasteiger partial charge in [0.2, 0.25) is 0 Å². The second-order valence-electron chi connectivity index (χ2n) is 5.16. The van der Waals surface area contributed by atoms with Crippen LogP contribution in [0.2, 0.25) is 0 Å². The highest BCUT2D eigenvalue weighted by Gasteiger charge is 2.29. The minimum absolute atomic E-state index is 0.00204. The van der Waals surface area contributed by atoms with Gasteiger partial charge in [-0.3, -0.25) is 0 Å². The van der Waals surface area contributed by atoms with Crippen molar-refractivity contribution in [1.82, 2.24) is 4.57 Å². The number of benzene rings is 1. The monoisotopic (exact) mass is 317 g/mol. The fraction of sp³-hybridized carbons (Fsp3) is 0.294. The van der Waals surface area contributed by atoms with Crippen LogP contribution in [-0.2, 0) is 11.3 Å². The molecule has 1 aromatic carbocycles. The first-order chi connectivity index (χ1) is 11.0. The molecule has 2 aromatic rings. The van der Waals surface area contributed by atoms with E-state index in [1.165, 1.54) is 0 Å². The first kappa shape index (κ1) is 16.8. The molecule has 6 nitrogen and oxygen atoms in total. The summed E-state index contributed by atoms with van der Waals surface area (Å²) in [7, 11) is 1.57. The predicted molar refractivity (Wildman–Crippen MR) is 85.0 cm³/mol. The summed E-state index contributed by atoms with van der Waals surface area (Å²) in [4.78, 5) is 23.5. The highest BCUT2D eigenvalue weighted by molar-refractivity contribution is 6.05. The summed E-state index contributed by atoms with van der Waals surface area (Å²) in [6.45, 7) is 2.49. The largest absolute Gasteiger partial charge is 0.478 e. The van der Waals surface area contributed by atoms with Gasteiger partial charge in [0.1, 0.15) is 5.69 Å². The van der Waals surface area contributed by atoms with Gasteiger partial charge in [-0.15, -0.1) is 0 Å². The number of aromatic carboxylic acids is 2. The Bertz CT molecular complexity index is 718. The van der Waals surface area contributed by atoms with Crippen LogP contribution < -0.4 is 0 Å². The van der Waals surface area contributed by atoms with E-state index < -0.39 is 11.9 Å². The van der Waals surface area contributed by atoms with Gasteiger partial charge in [-0.05, 0) is 18.9 Å². The van der Waals surface area contributed by atoms with Crippen molar-refractivity contribution in [3.05, 3.63) is 47.3 Å². The molecular weight excluding hydrogens is 298 g/mol. The number of ether oxygens (including phenoxy) is 1. The van der Waals surface area contributed by atoms with Gasteiger partial charge < -0.3 is 19.5 Å². The summed E-state index contributed by atoms with van der Waals surface area (Å²) in [5.74, 6) is -2.27. The molecule has 0 saturated carbocycles. The van der Waals surface area contributed by atoms with E-state index in [1.54, 1.807) is 48.9 Å². The van der Waals surface area contributed by atoms with Gasteiger partial charge in [0.25, 0.3) is 0 Å². The minimum Gasteiger partial charge on any atom is -0.478 e. The molecule has 2 N–H and O–H groups in total. The third-order valence-electron chi connectivity index (χ3n) is 3.73. The Morgan fingerprint density at radius 2 is 1.78 bits per heavy atom. The first-order valence-electron chi connectivity index (χ1n) is 7.23. The van der Waals surface area contributed by atoms with E-state index in [4.69, 9.17) is 4.74 Å². The maximum Gasteiger partial charge on any atom is 0.353 e. The summed E-state index contributed by atoms with van der Waals surface area (Å²) < 4.78 is 6.54. The van der Waals surface area contributed by atoms with Crippen molar-refractivity contribution >= 4 is 11.9 Å². The molecule has 23 heavy (non-hydrogen) atoms. The Kier molecular flexibility index (Phi) is 5.18. The third kappa shape index (κ3) is 3.27. The average Bonchev–Trinajstić information content (AvgIpc) is 2.82. The number of rotatable bonds is 7. The third-order valence-corrected chi connectivity index (χ3v) is 3.73. The smallest absolute Gasteiger partial charge is 0.353 e. The molecule has 1 aromatic heterocycles. The van der Waals surface area contributed by atoms with E-state index in [0.29, 0.717) is 30.8 Å². The predicted octanol–water partition coefficient (Wildman–Crippen LogP) is 2.90. The van der Waals surface area contributed by atoms with E-state index in [0.717, 1.165) is 0 Å². The molecule has 0 spiro atoms. The van der Waals surface area contributed by atoms with Crippen LogP contribution >= 0.6 is 0 Å². The van der Waals surface area contributed by atoms with Crippen molar-refractivity contribution < 1.29 is 24.5 Å². The second-order valence-corrected chi connectivity index (χ2v) is 5.16. The Morgan fingerprint density at radius 3 is 2.30 bits per heavy atom. The summed E-state index contributed by atoms with van der Waals surface area (Å²) in [5, 5.41) is 19.2.